The molecule has 5 N–H and O–H groups in total. The lowest BCUT2D eigenvalue weighted by Crippen LogP contribution is -2.31. The molecule has 0 saturated carbocycles. The van der Waals surface area contributed by atoms with Crippen molar-refractivity contribution >= 4 is 11.9 Å². The number of rotatable bonds is 22. The summed E-state index contributed by atoms with van der Waals surface area (Å²) in [6, 6.07) is 0. The molecule has 0 aliphatic carbocycles. The summed E-state index contributed by atoms with van der Waals surface area (Å²) in [4.78, 5) is 20.9. The minimum atomic E-state index is -1.42. The molecule has 0 saturated heterocycles. The van der Waals surface area contributed by atoms with Gasteiger partial charge in [-0.2, -0.15) is 0 Å². The number of hydrogen-bond acceptors (Lipinski definition) is 7. The summed E-state index contributed by atoms with van der Waals surface area (Å²) in [5.41, 5.74) is 0. The monoisotopic (exact) mass is 516 g/mol. The Hall–Kier alpha value is -1.80. The Morgan fingerprint density at radius 2 is 1.11 bits per heavy atom. The van der Waals surface area contributed by atoms with E-state index in [1.165, 1.54) is 109 Å². The summed E-state index contributed by atoms with van der Waals surface area (Å²) in [7, 11) is 0. The van der Waals surface area contributed by atoms with E-state index < -0.39 is 42.3 Å². The van der Waals surface area contributed by atoms with Crippen LogP contribution < -0.4 is 0 Å². The van der Waals surface area contributed by atoms with E-state index in [1.54, 1.807) is 0 Å². The van der Waals surface area contributed by atoms with Crippen molar-refractivity contribution in [2.75, 3.05) is 6.61 Å². The molecule has 1 heterocycles. The van der Waals surface area contributed by atoms with Crippen molar-refractivity contribution in [3.8, 4) is 0 Å². The van der Waals surface area contributed by atoms with E-state index in [2.05, 4.69) is 11.7 Å². The van der Waals surface area contributed by atoms with Crippen LogP contribution in [0, 0.1) is 0 Å². The Balaban J connectivity index is 0.000000846. The van der Waals surface area contributed by atoms with Gasteiger partial charge in [-0.1, -0.05) is 122 Å². The fourth-order valence-corrected chi connectivity index (χ4v) is 4.18. The normalized spacial score (nSPS) is 16.0. The van der Waals surface area contributed by atoms with Crippen LogP contribution in [0.3, 0.4) is 0 Å². The van der Waals surface area contributed by atoms with E-state index in [1.807, 2.05) is 0 Å². The number of aliphatic hydroxyl groups excluding tert-OH is 4. The third kappa shape index (κ3) is 18.5. The standard InChI is InChI=1S/C22H44O2.C6H8O6/c1-2-3-4-5-6-7-8-9-10-11-12-13-14-15-16-17-18-19-20-21-22(23)24;7-1-2(8)5-3(9)4(10)6(11)12-5/h2-21H2,1H3,(H,23,24);2,5,7-10H,1H2/t;2?,5-/m.1/s1. The van der Waals surface area contributed by atoms with Crippen LogP contribution in [-0.4, -0.2) is 56.3 Å². The molecule has 0 aromatic heterocycles. The first-order valence-electron chi connectivity index (χ1n) is 14.2. The number of unbranched alkanes of at least 4 members (excludes halogenated alkanes) is 18. The summed E-state index contributed by atoms with van der Waals surface area (Å²) in [5, 5.41) is 43.6. The Labute approximate surface area is 217 Å². The molecule has 36 heavy (non-hydrogen) atoms. The minimum Gasteiger partial charge on any atom is -0.505 e. The molecule has 1 aliphatic heterocycles. The summed E-state index contributed by atoms with van der Waals surface area (Å²) < 4.78 is 4.32. The Morgan fingerprint density at radius 3 is 1.39 bits per heavy atom. The second-order valence-corrected chi connectivity index (χ2v) is 9.82. The Kier molecular flexibility index (Phi) is 22.4. The molecule has 8 nitrogen and oxygen atoms in total. The number of carbonyl (C=O) groups excluding carboxylic acids is 1. The average Bonchev–Trinajstić information content (AvgIpc) is 3.12. The highest BCUT2D eigenvalue weighted by Gasteiger charge is 2.38. The van der Waals surface area contributed by atoms with Crippen LogP contribution >= 0.6 is 0 Å². The van der Waals surface area contributed by atoms with Crippen molar-refractivity contribution in [1.29, 1.82) is 0 Å². The van der Waals surface area contributed by atoms with Crippen LogP contribution in [-0.2, 0) is 14.3 Å². The molecule has 0 fully saturated rings. The predicted octanol–water partition coefficient (Wildman–Crippen LogP) is 6.49. The summed E-state index contributed by atoms with van der Waals surface area (Å²) in [6.45, 7) is 1.61. The number of carbonyl (C=O) groups is 2. The highest BCUT2D eigenvalue weighted by Crippen LogP contribution is 2.21. The van der Waals surface area contributed by atoms with Crippen molar-refractivity contribution in [2.45, 2.75) is 148 Å². The van der Waals surface area contributed by atoms with Gasteiger partial charge in [-0.05, 0) is 6.42 Å². The van der Waals surface area contributed by atoms with Gasteiger partial charge in [-0.15, -0.1) is 0 Å². The fraction of sp³-hybridized carbons (Fsp3) is 0.857. The summed E-state index contributed by atoms with van der Waals surface area (Å²) in [5.74, 6) is -3.43. The van der Waals surface area contributed by atoms with Crippen LogP contribution in [0.4, 0.5) is 0 Å². The maximum Gasteiger partial charge on any atom is 0.377 e. The van der Waals surface area contributed by atoms with Gasteiger partial charge in [-0.3, -0.25) is 4.79 Å². The van der Waals surface area contributed by atoms with Gasteiger partial charge >= 0.3 is 11.9 Å². The maximum atomic E-state index is 10.5. The van der Waals surface area contributed by atoms with Crippen molar-refractivity contribution in [3.63, 3.8) is 0 Å². The van der Waals surface area contributed by atoms with Crippen LogP contribution in [0.25, 0.3) is 0 Å². The van der Waals surface area contributed by atoms with Crippen LogP contribution in [0.5, 0.6) is 0 Å². The summed E-state index contributed by atoms with van der Waals surface area (Å²) >= 11 is 0. The molecule has 0 aromatic carbocycles. The molecule has 2 atom stereocenters. The Bertz CT molecular complexity index is 590. The molecule has 0 amide bonds. The van der Waals surface area contributed by atoms with Gasteiger partial charge in [0.2, 0.25) is 5.76 Å². The average molecular weight is 517 g/mol. The lowest BCUT2D eigenvalue weighted by Gasteiger charge is -2.13. The number of esters is 1. The SMILES string of the molecule is CCCCCCCCCCCCCCCCCCCCCC(=O)O.O=C1O[C@H](C(O)CO)C(O)=C1O. The summed E-state index contributed by atoms with van der Waals surface area (Å²) in [6.07, 6.45) is 23.3. The van der Waals surface area contributed by atoms with Crippen molar-refractivity contribution in [2.24, 2.45) is 0 Å². The van der Waals surface area contributed by atoms with E-state index in [9.17, 15) is 9.59 Å². The van der Waals surface area contributed by atoms with Gasteiger partial charge in [-0.25, -0.2) is 4.79 Å². The Morgan fingerprint density at radius 1 is 0.750 bits per heavy atom. The number of hydrogen-bond donors (Lipinski definition) is 5. The smallest absolute Gasteiger partial charge is 0.377 e. The third-order valence-electron chi connectivity index (χ3n) is 6.47. The van der Waals surface area contributed by atoms with Gasteiger partial charge < -0.3 is 30.3 Å². The zero-order valence-electron chi connectivity index (χ0n) is 22.5. The van der Waals surface area contributed by atoms with E-state index >= 15 is 0 Å². The van der Waals surface area contributed by atoms with E-state index in [4.69, 9.17) is 25.5 Å². The largest absolute Gasteiger partial charge is 0.505 e. The van der Waals surface area contributed by atoms with Crippen molar-refractivity contribution in [3.05, 3.63) is 11.5 Å². The van der Waals surface area contributed by atoms with Gasteiger partial charge in [0.05, 0.1) is 6.61 Å². The minimum absolute atomic E-state index is 0.346. The zero-order valence-corrected chi connectivity index (χ0v) is 22.5. The van der Waals surface area contributed by atoms with Crippen LogP contribution in [0.2, 0.25) is 0 Å². The molecule has 0 radical (unpaired) electrons. The fourth-order valence-electron chi connectivity index (χ4n) is 4.18. The predicted molar refractivity (Wildman–Crippen MR) is 141 cm³/mol. The molecule has 1 aliphatic rings. The van der Waals surface area contributed by atoms with E-state index in [0.29, 0.717) is 6.42 Å². The van der Waals surface area contributed by atoms with Gasteiger partial charge in [0.25, 0.3) is 0 Å². The van der Waals surface area contributed by atoms with Crippen LogP contribution in [0.15, 0.2) is 11.5 Å². The van der Waals surface area contributed by atoms with E-state index in [-0.39, 0.29) is 0 Å². The molecule has 0 spiro atoms. The molecular formula is C28H52O8. The number of aliphatic carboxylic acids is 1. The lowest BCUT2D eigenvalue weighted by atomic mass is 10.0. The number of cyclic esters (lactones) is 1. The quantitative estimate of drug-likeness (QED) is 0.0811. The maximum absolute atomic E-state index is 10.5. The number of aliphatic hydroxyl groups is 4. The highest BCUT2D eigenvalue weighted by molar-refractivity contribution is 5.89. The van der Waals surface area contributed by atoms with E-state index in [0.717, 1.165) is 12.8 Å². The molecule has 8 heteroatoms. The molecule has 0 aromatic rings. The zero-order chi connectivity index (χ0) is 27.0. The second kappa shape index (κ2) is 23.6. The first-order chi connectivity index (χ1) is 17.3. The topological polar surface area (TPSA) is 145 Å². The number of ether oxygens (including phenoxy) is 1. The van der Waals surface area contributed by atoms with Crippen molar-refractivity contribution < 1.29 is 39.9 Å². The van der Waals surface area contributed by atoms with Crippen LogP contribution in [0.1, 0.15) is 135 Å². The molecule has 0 bridgehead atoms. The number of carboxylic acids is 1. The molecule has 212 valence electrons. The molecule has 1 unspecified atom stereocenters. The van der Waals surface area contributed by atoms with Gasteiger partial charge in [0.1, 0.15) is 6.10 Å². The second-order valence-electron chi connectivity index (χ2n) is 9.82. The van der Waals surface area contributed by atoms with Gasteiger partial charge in [0.15, 0.2) is 11.9 Å². The van der Waals surface area contributed by atoms with Crippen molar-refractivity contribution in [1.82, 2.24) is 0 Å². The first-order valence-corrected chi connectivity index (χ1v) is 14.2. The number of carboxylic acid groups (broad SMARTS) is 1. The molecule has 1 rings (SSSR count). The van der Waals surface area contributed by atoms with Gasteiger partial charge in [0, 0.05) is 6.42 Å². The first kappa shape index (κ1) is 34.2. The third-order valence-corrected chi connectivity index (χ3v) is 6.47. The lowest BCUT2D eigenvalue weighted by molar-refractivity contribution is -0.147. The molecular weight excluding hydrogens is 464 g/mol. The highest BCUT2D eigenvalue weighted by atomic mass is 16.6.